The SMILES string of the molecule is Cc1[nH]c(C)c(-c2ccc(-c3ccc(CN4CCC(c5ccc(OC(F)(F)F)cc5)CC4)cc3)cc2)c(=O)c1Cl. The molecule has 0 unspecified atom stereocenters. The van der Waals surface area contributed by atoms with Crippen LogP contribution < -0.4 is 10.2 Å². The van der Waals surface area contributed by atoms with Crippen LogP contribution in [-0.2, 0) is 6.54 Å². The molecule has 2 heterocycles. The number of nitrogens with zero attached hydrogens (tertiary/aromatic N) is 1. The summed E-state index contributed by atoms with van der Waals surface area (Å²) in [6.45, 7) is 6.37. The molecule has 1 fully saturated rings. The maximum atomic E-state index is 12.7. The average Bonchev–Trinajstić information content (AvgIpc) is 2.93. The van der Waals surface area contributed by atoms with E-state index >= 15 is 0 Å². The normalized spacial score (nSPS) is 14.8. The number of hydrogen-bond acceptors (Lipinski definition) is 3. The van der Waals surface area contributed by atoms with Gasteiger partial charge in [-0.1, -0.05) is 72.3 Å². The molecule has 1 aliphatic rings. The summed E-state index contributed by atoms with van der Waals surface area (Å²) in [7, 11) is 0. The molecule has 0 saturated carbocycles. The summed E-state index contributed by atoms with van der Waals surface area (Å²) in [5.74, 6) is 0.145. The number of hydrogen-bond donors (Lipinski definition) is 1. The number of aromatic nitrogens is 1. The number of likely N-dealkylation sites (tertiary alicyclic amines) is 1. The standard InChI is InChI=1S/C32H30ClF3N2O2/c1-20-29(31(39)30(33)21(2)37-20)27-9-7-24(8-10-27)23-5-3-22(4-6-23)19-38-17-15-26(16-18-38)25-11-13-28(14-12-25)40-32(34,35)36/h3-14,26H,15-19H2,1-2H3,(H,37,39). The van der Waals surface area contributed by atoms with Crippen LogP contribution in [0.2, 0.25) is 5.02 Å². The van der Waals surface area contributed by atoms with E-state index < -0.39 is 6.36 Å². The molecule has 3 aromatic carbocycles. The average molecular weight is 567 g/mol. The van der Waals surface area contributed by atoms with Gasteiger partial charge in [0.25, 0.3) is 0 Å². The van der Waals surface area contributed by atoms with Crippen molar-refractivity contribution in [3.05, 3.63) is 111 Å². The van der Waals surface area contributed by atoms with E-state index in [1.165, 1.54) is 17.7 Å². The number of aryl methyl sites for hydroxylation is 2. The second-order valence-electron chi connectivity index (χ2n) is 10.3. The first-order chi connectivity index (χ1) is 19.1. The highest BCUT2D eigenvalue weighted by Gasteiger charge is 2.31. The van der Waals surface area contributed by atoms with E-state index in [0.717, 1.165) is 60.4 Å². The van der Waals surface area contributed by atoms with E-state index in [0.29, 0.717) is 17.2 Å². The van der Waals surface area contributed by atoms with Gasteiger partial charge in [-0.15, -0.1) is 13.2 Å². The quantitative estimate of drug-likeness (QED) is 0.255. The van der Waals surface area contributed by atoms with Crippen LogP contribution in [0.1, 0.15) is 41.3 Å². The summed E-state index contributed by atoms with van der Waals surface area (Å²) in [6.07, 6.45) is -2.76. The Hall–Kier alpha value is -3.55. The van der Waals surface area contributed by atoms with Crippen molar-refractivity contribution in [2.75, 3.05) is 13.1 Å². The second kappa shape index (κ2) is 11.5. The van der Waals surface area contributed by atoms with Crippen LogP contribution in [0.5, 0.6) is 5.75 Å². The van der Waals surface area contributed by atoms with Crippen LogP contribution in [0.25, 0.3) is 22.3 Å². The highest BCUT2D eigenvalue weighted by Crippen LogP contribution is 2.32. The van der Waals surface area contributed by atoms with Gasteiger partial charge in [0, 0.05) is 23.5 Å². The first kappa shape index (κ1) is 28.0. The molecule has 1 saturated heterocycles. The van der Waals surface area contributed by atoms with E-state index in [1.54, 1.807) is 19.1 Å². The summed E-state index contributed by atoms with van der Waals surface area (Å²) in [5.41, 5.74) is 7.16. The maximum absolute atomic E-state index is 12.7. The molecule has 5 rings (SSSR count). The van der Waals surface area contributed by atoms with Gasteiger partial charge in [0.15, 0.2) is 0 Å². The fourth-order valence-electron chi connectivity index (χ4n) is 5.45. The smallest absolute Gasteiger partial charge is 0.406 e. The number of ether oxygens (including phenoxy) is 1. The van der Waals surface area contributed by atoms with Crippen LogP contribution >= 0.6 is 11.6 Å². The van der Waals surface area contributed by atoms with Gasteiger partial charge in [-0.05, 0) is 85.6 Å². The number of alkyl halides is 3. The number of halogens is 4. The third-order valence-electron chi connectivity index (χ3n) is 7.55. The van der Waals surface area contributed by atoms with Gasteiger partial charge in [-0.3, -0.25) is 9.69 Å². The van der Waals surface area contributed by atoms with Crippen LogP contribution in [0.3, 0.4) is 0 Å². The molecule has 4 aromatic rings. The van der Waals surface area contributed by atoms with Crippen LogP contribution in [-0.4, -0.2) is 29.3 Å². The molecule has 4 nitrogen and oxygen atoms in total. The largest absolute Gasteiger partial charge is 0.573 e. The topological polar surface area (TPSA) is 45.3 Å². The number of pyridine rings is 1. The second-order valence-corrected chi connectivity index (χ2v) is 10.7. The number of aromatic amines is 1. The molecule has 0 spiro atoms. The minimum atomic E-state index is -4.67. The zero-order valence-electron chi connectivity index (χ0n) is 22.3. The van der Waals surface area contributed by atoms with E-state index in [9.17, 15) is 18.0 Å². The Labute approximate surface area is 236 Å². The van der Waals surface area contributed by atoms with Gasteiger partial charge in [0.2, 0.25) is 5.43 Å². The Morgan fingerprint density at radius 1 is 0.850 bits per heavy atom. The predicted octanol–water partition coefficient (Wildman–Crippen LogP) is 8.26. The van der Waals surface area contributed by atoms with Crippen LogP contribution in [0.4, 0.5) is 13.2 Å². The van der Waals surface area contributed by atoms with E-state index in [-0.39, 0.29) is 16.2 Å². The number of piperidine rings is 1. The zero-order chi connectivity index (χ0) is 28.4. The van der Waals surface area contributed by atoms with E-state index in [2.05, 4.69) is 38.9 Å². The molecule has 1 aliphatic heterocycles. The summed E-state index contributed by atoms with van der Waals surface area (Å²) >= 11 is 6.19. The van der Waals surface area contributed by atoms with Crippen molar-refractivity contribution >= 4 is 11.6 Å². The molecule has 8 heteroatoms. The Morgan fingerprint density at radius 2 is 1.40 bits per heavy atom. The van der Waals surface area contributed by atoms with Gasteiger partial charge in [0.05, 0.1) is 0 Å². The Morgan fingerprint density at radius 3 is 1.98 bits per heavy atom. The van der Waals surface area contributed by atoms with Crippen LogP contribution in [0, 0.1) is 13.8 Å². The lowest BCUT2D eigenvalue weighted by molar-refractivity contribution is -0.274. The molecule has 0 atom stereocenters. The fraction of sp³-hybridized carbons (Fsp3) is 0.281. The maximum Gasteiger partial charge on any atom is 0.573 e. The number of rotatable bonds is 6. The third-order valence-corrected chi connectivity index (χ3v) is 8.00. The van der Waals surface area contributed by atoms with Crippen molar-refractivity contribution < 1.29 is 17.9 Å². The number of benzene rings is 3. The van der Waals surface area contributed by atoms with Gasteiger partial charge < -0.3 is 9.72 Å². The minimum Gasteiger partial charge on any atom is -0.406 e. The number of H-pyrrole nitrogens is 1. The van der Waals surface area contributed by atoms with E-state index in [4.69, 9.17) is 11.6 Å². The van der Waals surface area contributed by atoms with Crippen molar-refractivity contribution in [1.29, 1.82) is 0 Å². The molecule has 0 aliphatic carbocycles. The molecule has 40 heavy (non-hydrogen) atoms. The van der Waals surface area contributed by atoms with Crippen molar-refractivity contribution in [1.82, 2.24) is 9.88 Å². The summed E-state index contributed by atoms with van der Waals surface area (Å²) in [4.78, 5) is 18.3. The first-order valence-corrected chi connectivity index (χ1v) is 13.6. The highest BCUT2D eigenvalue weighted by molar-refractivity contribution is 6.31. The molecule has 208 valence electrons. The van der Waals surface area contributed by atoms with E-state index in [1.807, 2.05) is 31.2 Å². The summed E-state index contributed by atoms with van der Waals surface area (Å²) in [6, 6.07) is 22.7. The van der Waals surface area contributed by atoms with Crippen molar-refractivity contribution in [2.45, 2.75) is 45.5 Å². The monoisotopic (exact) mass is 566 g/mol. The Bertz CT molecular complexity index is 1520. The van der Waals surface area contributed by atoms with Gasteiger partial charge >= 0.3 is 6.36 Å². The lowest BCUT2D eigenvalue weighted by Gasteiger charge is -2.32. The minimum absolute atomic E-state index is 0.162. The van der Waals surface area contributed by atoms with Crippen molar-refractivity contribution in [3.8, 4) is 28.0 Å². The zero-order valence-corrected chi connectivity index (χ0v) is 23.1. The summed E-state index contributed by atoms with van der Waals surface area (Å²) in [5, 5.41) is 0.220. The van der Waals surface area contributed by atoms with Crippen LogP contribution in [0.15, 0.2) is 77.6 Å². The molecule has 1 aromatic heterocycles. The predicted molar refractivity (Wildman–Crippen MR) is 153 cm³/mol. The molecule has 0 radical (unpaired) electrons. The van der Waals surface area contributed by atoms with Crippen molar-refractivity contribution in [3.63, 3.8) is 0 Å². The van der Waals surface area contributed by atoms with Gasteiger partial charge in [-0.25, -0.2) is 0 Å². The fourth-order valence-corrected chi connectivity index (χ4v) is 5.59. The molecular formula is C32H30ClF3N2O2. The lowest BCUT2D eigenvalue weighted by Crippen LogP contribution is -2.32. The summed E-state index contributed by atoms with van der Waals surface area (Å²) < 4.78 is 41.2. The molecule has 0 amide bonds. The lowest BCUT2D eigenvalue weighted by atomic mass is 9.89. The number of nitrogens with one attached hydrogen (secondary N) is 1. The third kappa shape index (κ3) is 6.43. The van der Waals surface area contributed by atoms with Gasteiger partial charge in [-0.2, -0.15) is 0 Å². The first-order valence-electron chi connectivity index (χ1n) is 13.2. The van der Waals surface area contributed by atoms with Crippen molar-refractivity contribution in [2.24, 2.45) is 0 Å². The molecular weight excluding hydrogens is 537 g/mol. The molecule has 0 bridgehead atoms. The van der Waals surface area contributed by atoms with Gasteiger partial charge in [0.1, 0.15) is 10.8 Å². The Kier molecular flexibility index (Phi) is 8.06. The highest BCUT2D eigenvalue weighted by atomic mass is 35.5. The molecule has 1 N–H and O–H groups in total. The Balaban J connectivity index is 1.17.